The van der Waals surface area contributed by atoms with Crippen LogP contribution in [0.1, 0.15) is 25.7 Å². The first-order valence-electron chi connectivity index (χ1n) is 6.34. The average Bonchev–Trinajstić information content (AvgIpc) is 2.80. The van der Waals surface area contributed by atoms with Gasteiger partial charge in [-0.25, -0.2) is 4.79 Å². The maximum atomic E-state index is 11.6. The summed E-state index contributed by atoms with van der Waals surface area (Å²) in [7, 11) is 0. The van der Waals surface area contributed by atoms with Gasteiger partial charge >= 0.3 is 6.03 Å². The molecule has 1 aliphatic rings. The molecule has 0 bridgehead atoms. The van der Waals surface area contributed by atoms with Crippen molar-refractivity contribution in [1.29, 1.82) is 0 Å². The van der Waals surface area contributed by atoms with Crippen LogP contribution in [0.4, 0.5) is 10.5 Å². The summed E-state index contributed by atoms with van der Waals surface area (Å²) in [6.07, 6.45) is 8.74. The molecule has 1 fully saturated rings. The second-order valence-electron chi connectivity index (χ2n) is 4.66. The zero-order valence-corrected chi connectivity index (χ0v) is 12.0. The first-order chi connectivity index (χ1) is 9.13. The molecular weight excluding hydrogens is 283 g/mol. The minimum absolute atomic E-state index is 0.299. The highest BCUT2D eigenvalue weighted by molar-refractivity contribution is 6.35. The van der Waals surface area contributed by atoms with Gasteiger partial charge in [0.05, 0.1) is 0 Å². The van der Waals surface area contributed by atoms with Crippen LogP contribution in [0.15, 0.2) is 30.5 Å². The minimum Gasteiger partial charge on any atom is -0.315 e. The molecule has 1 saturated carbocycles. The highest BCUT2D eigenvalue weighted by Crippen LogP contribution is 2.25. The summed E-state index contributed by atoms with van der Waals surface area (Å²) in [6, 6.07) is 4.61. The zero-order valence-electron chi connectivity index (χ0n) is 10.5. The Morgan fingerprint density at radius 1 is 1.16 bits per heavy atom. The Hall–Kier alpha value is -1.19. The van der Waals surface area contributed by atoms with E-state index >= 15 is 0 Å². The lowest BCUT2D eigenvalue weighted by atomic mass is 10.1. The molecule has 2 N–H and O–H groups in total. The maximum absolute atomic E-state index is 11.6. The van der Waals surface area contributed by atoms with Crippen LogP contribution in [0.25, 0.3) is 0 Å². The van der Waals surface area contributed by atoms with Gasteiger partial charge in [0.2, 0.25) is 0 Å². The summed E-state index contributed by atoms with van der Waals surface area (Å²) in [5.41, 5.74) is 0.573. The molecule has 0 aromatic heterocycles. The van der Waals surface area contributed by atoms with Crippen LogP contribution < -0.4 is 10.6 Å². The summed E-state index contributed by atoms with van der Waals surface area (Å²) in [5.74, 6) is 0.598. The summed E-state index contributed by atoms with van der Waals surface area (Å²) in [6.45, 7) is 0. The molecule has 0 saturated heterocycles. The molecule has 1 aliphatic carbocycles. The van der Waals surface area contributed by atoms with Crippen LogP contribution in [0.2, 0.25) is 10.0 Å². The molecule has 0 unspecified atom stereocenters. The van der Waals surface area contributed by atoms with Crippen LogP contribution in [0, 0.1) is 5.92 Å². The van der Waals surface area contributed by atoms with E-state index < -0.39 is 0 Å². The zero-order chi connectivity index (χ0) is 13.7. The average molecular weight is 299 g/mol. The van der Waals surface area contributed by atoms with E-state index in [2.05, 4.69) is 16.7 Å². The van der Waals surface area contributed by atoms with Crippen molar-refractivity contribution in [3.8, 4) is 0 Å². The second kappa shape index (κ2) is 6.83. The van der Waals surface area contributed by atoms with E-state index in [9.17, 15) is 4.79 Å². The van der Waals surface area contributed by atoms with E-state index in [1.54, 1.807) is 24.4 Å². The lowest BCUT2D eigenvalue weighted by Gasteiger charge is -2.06. The van der Waals surface area contributed by atoms with Crippen molar-refractivity contribution in [2.75, 3.05) is 5.32 Å². The number of halogens is 2. The summed E-state index contributed by atoms with van der Waals surface area (Å²) >= 11 is 11.7. The molecule has 0 heterocycles. The molecule has 102 valence electrons. The van der Waals surface area contributed by atoms with Gasteiger partial charge in [-0.05, 0) is 37.0 Å². The van der Waals surface area contributed by atoms with Crippen molar-refractivity contribution in [2.45, 2.75) is 25.7 Å². The van der Waals surface area contributed by atoms with Gasteiger partial charge in [0, 0.05) is 21.9 Å². The fourth-order valence-electron chi connectivity index (χ4n) is 2.20. The van der Waals surface area contributed by atoms with Crippen LogP contribution in [0.5, 0.6) is 0 Å². The van der Waals surface area contributed by atoms with Gasteiger partial charge in [-0.2, -0.15) is 0 Å². The van der Waals surface area contributed by atoms with Gasteiger partial charge in [0.25, 0.3) is 0 Å². The number of nitrogens with one attached hydrogen (secondary N) is 2. The predicted molar refractivity (Wildman–Crippen MR) is 79.7 cm³/mol. The SMILES string of the molecule is O=C(N/C=C/C1CCCC1)Nc1cc(Cl)cc(Cl)c1. The number of hydrogen-bond acceptors (Lipinski definition) is 1. The van der Waals surface area contributed by atoms with Gasteiger partial charge in [0.15, 0.2) is 0 Å². The molecule has 2 amide bonds. The van der Waals surface area contributed by atoms with Gasteiger partial charge < -0.3 is 10.6 Å². The van der Waals surface area contributed by atoms with E-state index in [1.807, 2.05) is 0 Å². The fraction of sp³-hybridized carbons (Fsp3) is 0.357. The number of carbonyl (C=O) groups is 1. The summed E-state index contributed by atoms with van der Waals surface area (Å²) in [5, 5.41) is 6.34. The van der Waals surface area contributed by atoms with Crippen molar-refractivity contribution in [2.24, 2.45) is 5.92 Å². The maximum Gasteiger partial charge on any atom is 0.323 e. The fourth-order valence-corrected chi connectivity index (χ4v) is 2.73. The Morgan fingerprint density at radius 3 is 2.42 bits per heavy atom. The highest BCUT2D eigenvalue weighted by atomic mass is 35.5. The van der Waals surface area contributed by atoms with Crippen molar-refractivity contribution in [3.63, 3.8) is 0 Å². The molecular formula is C14H16Cl2N2O. The first kappa shape index (κ1) is 14.2. The van der Waals surface area contributed by atoms with Gasteiger partial charge in [-0.15, -0.1) is 0 Å². The first-order valence-corrected chi connectivity index (χ1v) is 7.09. The van der Waals surface area contributed by atoms with Gasteiger partial charge in [-0.1, -0.05) is 42.1 Å². The lowest BCUT2D eigenvalue weighted by molar-refractivity contribution is 0.255. The van der Waals surface area contributed by atoms with Crippen LogP contribution >= 0.6 is 23.2 Å². The Labute approximate surface area is 123 Å². The van der Waals surface area contributed by atoms with E-state index in [0.29, 0.717) is 21.7 Å². The molecule has 19 heavy (non-hydrogen) atoms. The largest absolute Gasteiger partial charge is 0.323 e. The second-order valence-corrected chi connectivity index (χ2v) is 5.53. The number of benzene rings is 1. The lowest BCUT2D eigenvalue weighted by Crippen LogP contribution is -2.24. The molecule has 2 rings (SSSR count). The van der Waals surface area contributed by atoms with Crippen LogP contribution in [0.3, 0.4) is 0 Å². The highest BCUT2D eigenvalue weighted by Gasteiger charge is 2.11. The molecule has 0 spiro atoms. The smallest absolute Gasteiger partial charge is 0.315 e. The third-order valence-electron chi connectivity index (χ3n) is 3.10. The molecule has 1 aromatic rings. The van der Waals surface area contributed by atoms with Gasteiger partial charge in [-0.3, -0.25) is 0 Å². The van der Waals surface area contributed by atoms with E-state index in [1.165, 1.54) is 25.7 Å². The number of anilines is 1. The Balaban J connectivity index is 1.83. The van der Waals surface area contributed by atoms with Crippen molar-refractivity contribution in [3.05, 3.63) is 40.5 Å². The Morgan fingerprint density at radius 2 is 1.79 bits per heavy atom. The summed E-state index contributed by atoms with van der Waals surface area (Å²) in [4.78, 5) is 11.6. The molecule has 0 radical (unpaired) electrons. The molecule has 0 atom stereocenters. The number of urea groups is 1. The third-order valence-corrected chi connectivity index (χ3v) is 3.54. The molecule has 0 aliphatic heterocycles. The monoisotopic (exact) mass is 298 g/mol. The topological polar surface area (TPSA) is 41.1 Å². The normalized spacial score (nSPS) is 15.9. The van der Waals surface area contributed by atoms with Gasteiger partial charge in [0.1, 0.15) is 0 Å². The number of hydrogen-bond donors (Lipinski definition) is 2. The number of allylic oxidation sites excluding steroid dienone is 1. The quantitative estimate of drug-likeness (QED) is 0.825. The van der Waals surface area contributed by atoms with Crippen molar-refractivity contribution in [1.82, 2.24) is 5.32 Å². The van der Waals surface area contributed by atoms with Crippen molar-refractivity contribution < 1.29 is 4.79 Å². The standard InChI is InChI=1S/C14H16Cl2N2O/c15-11-7-12(16)9-13(8-11)18-14(19)17-6-5-10-3-1-2-4-10/h5-10H,1-4H2,(H2,17,18,19)/b6-5+. The predicted octanol–water partition coefficient (Wildman–Crippen LogP) is 4.82. The number of carbonyl (C=O) groups excluding carboxylic acids is 1. The van der Waals surface area contributed by atoms with E-state index in [0.717, 1.165) is 0 Å². The molecule has 3 nitrogen and oxygen atoms in total. The van der Waals surface area contributed by atoms with E-state index in [-0.39, 0.29) is 6.03 Å². The minimum atomic E-state index is -0.299. The van der Waals surface area contributed by atoms with Crippen LogP contribution in [-0.2, 0) is 0 Å². The van der Waals surface area contributed by atoms with Crippen molar-refractivity contribution >= 4 is 34.9 Å². The Bertz CT molecular complexity index is 462. The Kier molecular flexibility index (Phi) is 5.11. The number of amides is 2. The number of rotatable bonds is 3. The molecule has 1 aromatic carbocycles. The van der Waals surface area contributed by atoms with E-state index in [4.69, 9.17) is 23.2 Å². The summed E-state index contributed by atoms with van der Waals surface area (Å²) < 4.78 is 0. The van der Waals surface area contributed by atoms with Crippen LogP contribution in [-0.4, -0.2) is 6.03 Å². The third kappa shape index (κ3) is 4.77. The molecule has 5 heteroatoms.